The Morgan fingerprint density at radius 2 is 2.04 bits per heavy atom. The summed E-state index contributed by atoms with van der Waals surface area (Å²) in [5.74, 6) is -0.133. The van der Waals surface area contributed by atoms with Crippen molar-refractivity contribution < 1.29 is 22.3 Å². The van der Waals surface area contributed by atoms with Crippen molar-refractivity contribution in [3.8, 4) is 0 Å². The molecular formula is C15H24N4O5S. The molecule has 4 rings (SSSR count). The average Bonchev–Trinajstić information content (AvgIpc) is 2.73. The van der Waals surface area contributed by atoms with E-state index in [4.69, 9.17) is 0 Å². The van der Waals surface area contributed by atoms with Gasteiger partial charge in [0.05, 0.1) is 6.04 Å². The van der Waals surface area contributed by atoms with Crippen molar-refractivity contribution in [3.05, 3.63) is 0 Å². The number of hydroxylamine groups is 2. The third kappa shape index (κ3) is 2.89. The summed E-state index contributed by atoms with van der Waals surface area (Å²) in [6.07, 6.45) is 3.09. The molecule has 9 nitrogen and oxygen atoms in total. The van der Waals surface area contributed by atoms with Crippen LogP contribution >= 0.6 is 0 Å². The summed E-state index contributed by atoms with van der Waals surface area (Å²) in [6, 6.07) is -1.19. The number of urea groups is 1. The normalized spacial score (nSPS) is 31.4. The molecule has 1 aliphatic carbocycles. The van der Waals surface area contributed by atoms with Gasteiger partial charge in [-0.25, -0.2) is 13.2 Å². The van der Waals surface area contributed by atoms with E-state index in [0.29, 0.717) is 24.8 Å². The van der Waals surface area contributed by atoms with E-state index >= 15 is 0 Å². The average molecular weight is 372 g/mol. The topological polar surface area (TPSA) is 99.3 Å². The molecule has 3 aliphatic heterocycles. The first-order chi connectivity index (χ1) is 11.9. The number of piperidine rings is 1. The highest BCUT2D eigenvalue weighted by atomic mass is 32.2. The first-order valence-corrected chi connectivity index (χ1v) is 9.95. The van der Waals surface area contributed by atoms with Crippen LogP contribution in [0.5, 0.6) is 0 Å². The third-order valence-corrected chi connectivity index (χ3v) is 6.36. The Kier molecular flexibility index (Phi) is 4.16. The third-order valence-electron chi connectivity index (χ3n) is 6.05. The number of fused-ring (bicyclic) bond motifs is 2. The van der Waals surface area contributed by atoms with Crippen molar-refractivity contribution in [2.45, 2.75) is 50.7 Å². The highest BCUT2D eigenvalue weighted by Crippen LogP contribution is 2.48. The van der Waals surface area contributed by atoms with Gasteiger partial charge >= 0.3 is 6.03 Å². The Balaban J connectivity index is 1.31. The van der Waals surface area contributed by atoms with Crippen LogP contribution in [0.1, 0.15) is 32.6 Å². The molecule has 1 saturated carbocycles. The summed E-state index contributed by atoms with van der Waals surface area (Å²) in [7, 11) is -3.14. The zero-order valence-corrected chi connectivity index (χ0v) is 15.1. The first kappa shape index (κ1) is 17.0. The number of nitrogens with one attached hydrogen (secondary N) is 1. The zero-order chi connectivity index (χ0) is 17.8. The van der Waals surface area contributed by atoms with Crippen LogP contribution in [-0.2, 0) is 20.1 Å². The number of amides is 3. The van der Waals surface area contributed by atoms with E-state index in [1.807, 2.05) is 0 Å². The minimum Gasteiger partial charge on any atom is -0.352 e. The lowest BCUT2D eigenvalue weighted by molar-refractivity contribution is -0.131. The molecule has 3 amide bonds. The maximum Gasteiger partial charge on any atom is 0.346 e. The van der Waals surface area contributed by atoms with Crippen molar-refractivity contribution >= 4 is 22.9 Å². The highest BCUT2D eigenvalue weighted by Gasteiger charge is 2.53. The zero-order valence-electron chi connectivity index (χ0n) is 14.2. The van der Waals surface area contributed by atoms with Crippen molar-refractivity contribution in [3.63, 3.8) is 0 Å². The van der Waals surface area contributed by atoms with Crippen LogP contribution in [0, 0.1) is 5.41 Å². The molecule has 4 aliphatic rings. The van der Waals surface area contributed by atoms with Gasteiger partial charge in [0, 0.05) is 25.7 Å². The summed E-state index contributed by atoms with van der Waals surface area (Å²) in [5, 5.41) is 3.97. The van der Waals surface area contributed by atoms with Gasteiger partial charge in [0.2, 0.25) is 5.91 Å². The lowest BCUT2D eigenvalue weighted by Crippen LogP contribution is -2.67. The second-order valence-electron chi connectivity index (χ2n) is 7.73. The van der Waals surface area contributed by atoms with Gasteiger partial charge in [-0.3, -0.25) is 4.79 Å². The molecule has 4 fully saturated rings. The number of hydrogen-bond donors (Lipinski definition) is 2. The van der Waals surface area contributed by atoms with Gasteiger partial charge in [0.25, 0.3) is 11.0 Å². The van der Waals surface area contributed by atoms with Gasteiger partial charge in [-0.05, 0) is 37.6 Å². The molecule has 2 bridgehead atoms. The van der Waals surface area contributed by atoms with Crippen LogP contribution < -0.4 is 5.32 Å². The summed E-state index contributed by atoms with van der Waals surface area (Å²) in [4.78, 5) is 28.7. The smallest absolute Gasteiger partial charge is 0.346 e. The van der Waals surface area contributed by atoms with Gasteiger partial charge in [0.15, 0.2) is 0 Å². The van der Waals surface area contributed by atoms with Crippen molar-refractivity contribution in [2.75, 3.05) is 26.2 Å². The molecule has 0 aromatic carbocycles. The molecular weight excluding hydrogens is 348 g/mol. The Labute approximate surface area is 148 Å². The SMILES string of the molecule is CCN1CC2(CC(NC(=O)[C@@H]3CC[C@@H]4CN3C(=O)N4O[SH](=O)=O)C2)C1. The van der Waals surface area contributed by atoms with Gasteiger partial charge in [0.1, 0.15) is 6.04 Å². The Morgan fingerprint density at radius 1 is 1.32 bits per heavy atom. The fourth-order valence-corrected chi connectivity index (χ4v) is 5.20. The van der Waals surface area contributed by atoms with E-state index in [1.165, 1.54) is 4.90 Å². The van der Waals surface area contributed by atoms with Crippen molar-refractivity contribution in [1.82, 2.24) is 20.2 Å². The number of carbonyl (C=O) groups excluding carboxylic acids is 2. The van der Waals surface area contributed by atoms with Crippen LogP contribution in [0.4, 0.5) is 4.79 Å². The number of nitrogens with zero attached hydrogens (tertiary/aromatic N) is 3. The number of likely N-dealkylation sites (tertiary alicyclic amines) is 1. The molecule has 0 unspecified atom stereocenters. The van der Waals surface area contributed by atoms with Crippen LogP contribution in [0.25, 0.3) is 0 Å². The minimum atomic E-state index is -3.14. The van der Waals surface area contributed by atoms with Gasteiger partial charge in [-0.2, -0.15) is 5.06 Å². The van der Waals surface area contributed by atoms with Crippen molar-refractivity contribution in [1.29, 1.82) is 0 Å². The largest absolute Gasteiger partial charge is 0.352 e. The molecule has 3 saturated heterocycles. The van der Waals surface area contributed by atoms with E-state index in [2.05, 4.69) is 21.4 Å². The van der Waals surface area contributed by atoms with E-state index in [0.717, 1.165) is 37.5 Å². The van der Waals surface area contributed by atoms with Crippen molar-refractivity contribution in [2.24, 2.45) is 5.41 Å². The monoisotopic (exact) mass is 372 g/mol. The second-order valence-corrected chi connectivity index (χ2v) is 8.34. The van der Waals surface area contributed by atoms with Crippen LogP contribution in [-0.4, -0.2) is 79.5 Å². The van der Waals surface area contributed by atoms with Crippen LogP contribution in [0.15, 0.2) is 0 Å². The maximum absolute atomic E-state index is 12.6. The summed E-state index contributed by atoms with van der Waals surface area (Å²) >= 11 is 0. The molecule has 1 spiro atoms. The van der Waals surface area contributed by atoms with E-state index in [1.54, 1.807) is 0 Å². The molecule has 2 atom stereocenters. The highest BCUT2D eigenvalue weighted by molar-refractivity contribution is 7.67. The van der Waals surface area contributed by atoms with Gasteiger partial charge < -0.3 is 15.1 Å². The van der Waals surface area contributed by atoms with Gasteiger partial charge in [-0.15, -0.1) is 4.28 Å². The van der Waals surface area contributed by atoms with E-state index in [9.17, 15) is 18.0 Å². The number of rotatable bonds is 5. The summed E-state index contributed by atoms with van der Waals surface area (Å²) in [6.45, 7) is 5.80. The number of carbonyl (C=O) groups is 2. The van der Waals surface area contributed by atoms with E-state index in [-0.39, 0.29) is 18.0 Å². The van der Waals surface area contributed by atoms with Crippen LogP contribution in [0.2, 0.25) is 0 Å². The molecule has 140 valence electrons. The Hall–Kier alpha value is -1.39. The quantitative estimate of drug-likeness (QED) is 0.620. The minimum absolute atomic E-state index is 0.133. The predicted octanol–water partition coefficient (Wildman–Crippen LogP) is -0.686. The molecule has 25 heavy (non-hydrogen) atoms. The predicted molar refractivity (Wildman–Crippen MR) is 87.9 cm³/mol. The lowest BCUT2D eigenvalue weighted by atomic mass is 9.60. The summed E-state index contributed by atoms with van der Waals surface area (Å²) in [5.41, 5.74) is 0.388. The molecule has 0 radical (unpaired) electrons. The van der Waals surface area contributed by atoms with Crippen LogP contribution in [0.3, 0.4) is 0 Å². The fourth-order valence-electron chi connectivity index (χ4n) is 4.85. The Morgan fingerprint density at radius 3 is 2.68 bits per heavy atom. The molecule has 0 aromatic rings. The first-order valence-electron chi connectivity index (χ1n) is 8.86. The summed E-state index contributed by atoms with van der Waals surface area (Å²) < 4.78 is 26.1. The lowest BCUT2D eigenvalue weighted by Gasteiger charge is -2.59. The standard InChI is InChI=1S/C15H24N4O5S/c1-2-17-8-15(9-17)5-10(6-15)16-13(20)12-4-3-11-7-18(12)14(21)19(11)24-25(22)23/h10-12,25H,2-9H2,1H3,(H,16,20)/t11-,12+/m1/s1. The number of hydrogen-bond acceptors (Lipinski definition) is 6. The molecule has 0 aromatic heterocycles. The van der Waals surface area contributed by atoms with Gasteiger partial charge in [-0.1, -0.05) is 6.92 Å². The maximum atomic E-state index is 12.6. The molecule has 3 heterocycles. The molecule has 10 heteroatoms. The fraction of sp³-hybridized carbons (Fsp3) is 0.867. The van der Waals surface area contributed by atoms with E-state index < -0.39 is 23.1 Å². The molecule has 1 N–H and O–H groups in total. The second kappa shape index (κ2) is 6.10. The number of thiol groups is 1. The Bertz CT molecular complexity index is 646.